The zero-order valence-corrected chi connectivity index (χ0v) is 12.7. The molecule has 2 aliphatic rings. The number of nitrogens with zero attached hydrogens (tertiary/aromatic N) is 2. The summed E-state index contributed by atoms with van der Waals surface area (Å²) in [6.07, 6.45) is 2.57. The topological polar surface area (TPSA) is 87.6 Å². The number of aromatic nitrogens is 1. The average molecular weight is 316 g/mol. The zero-order valence-electron chi connectivity index (χ0n) is 11.1. The number of aromatic carboxylic acids is 1. The van der Waals surface area contributed by atoms with Gasteiger partial charge in [-0.25, -0.2) is 18.2 Å². The molecule has 1 unspecified atom stereocenters. The molecule has 1 aliphatic heterocycles. The van der Waals surface area contributed by atoms with E-state index in [1.165, 1.54) is 0 Å². The minimum atomic E-state index is -2.95. The van der Waals surface area contributed by atoms with Crippen molar-refractivity contribution in [3.8, 4) is 0 Å². The molecule has 6 nitrogen and oxygen atoms in total. The molecule has 0 spiro atoms. The third kappa shape index (κ3) is 2.54. The van der Waals surface area contributed by atoms with Crippen LogP contribution in [0.3, 0.4) is 0 Å². The highest BCUT2D eigenvalue weighted by Gasteiger charge is 2.35. The number of thiazole rings is 1. The lowest BCUT2D eigenvalue weighted by Gasteiger charge is -2.22. The van der Waals surface area contributed by atoms with Crippen LogP contribution in [-0.2, 0) is 9.84 Å². The number of sulfone groups is 1. The second-order valence-corrected chi connectivity index (χ2v) is 8.66. The molecule has 20 heavy (non-hydrogen) atoms. The van der Waals surface area contributed by atoms with E-state index < -0.39 is 15.8 Å². The molecule has 1 aromatic heterocycles. The van der Waals surface area contributed by atoms with E-state index in [4.69, 9.17) is 0 Å². The lowest BCUT2D eigenvalue weighted by molar-refractivity contribution is 0.0700. The highest BCUT2D eigenvalue weighted by Crippen LogP contribution is 2.44. The van der Waals surface area contributed by atoms with E-state index in [1.807, 2.05) is 4.90 Å². The minimum absolute atomic E-state index is 0.0974. The monoisotopic (exact) mass is 316 g/mol. The molecule has 0 bridgehead atoms. The number of carboxylic acid groups (broad SMARTS) is 1. The number of hydrogen-bond donors (Lipinski definition) is 1. The van der Waals surface area contributed by atoms with Gasteiger partial charge in [-0.15, -0.1) is 0 Å². The van der Waals surface area contributed by atoms with Gasteiger partial charge in [-0.1, -0.05) is 11.3 Å². The van der Waals surface area contributed by atoms with Gasteiger partial charge in [-0.2, -0.15) is 0 Å². The van der Waals surface area contributed by atoms with Crippen molar-refractivity contribution in [2.24, 2.45) is 0 Å². The Morgan fingerprint density at radius 3 is 2.60 bits per heavy atom. The molecular weight excluding hydrogens is 300 g/mol. The Morgan fingerprint density at radius 1 is 1.40 bits per heavy atom. The van der Waals surface area contributed by atoms with E-state index in [9.17, 15) is 18.3 Å². The number of carboxylic acids is 1. The van der Waals surface area contributed by atoms with Gasteiger partial charge in [-0.3, -0.25) is 0 Å². The molecule has 0 amide bonds. The lowest BCUT2D eigenvalue weighted by atomic mass is 10.2. The van der Waals surface area contributed by atoms with Gasteiger partial charge in [0.2, 0.25) is 0 Å². The van der Waals surface area contributed by atoms with Gasteiger partial charge in [0.1, 0.15) is 4.88 Å². The molecule has 1 N–H and O–H groups in total. The van der Waals surface area contributed by atoms with Crippen LogP contribution in [0.2, 0.25) is 0 Å². The van der Waals surface area contributed by atoms with Gasteiger partial charge in [0.05, 0.1) is 17.2 Å². The van der Waals surface area contributed by atoms with E-state index in [2.05, 4.69) is 4.98 Å². The molecule has 1 aliphatic carbocycles. The van der Waals surface area contributed by atoms with Crippen molar-refractivity contribution in [3.63, 3.8) is 0 Å². The molecule has 1 aromatic rings. The van der Waals surface area contributed by atoms with Crippen molar-refractivity contribution in [2.45, 2.75) is 31.2 Å². The van der Waals surface area contributed by atoms with E-state index in [0.717, 1.165) is 24.2 Å². The van der Waals surface area contributed by atoms with Crippen LogP contribution in [0.15, 0.2) is 0 Å². The van der Waals surface area contributed by atoms with Crippen LogP contribution in [-0.4, -0.2) is 49.1 Å². The van der Waals surface area contributed by atoms with Gasteiger partial charge in [0, 0.05) is 19.0 Å². The molecule has 110 valence electrons. The van der Waals surface area contributed by atoms with E-state index in [-0.39, 0.29) is 23.5 Å². The highest BCUT2D eigenvalue weighted by molar-refractivity contribution is 7.91. The summed E-state index contributed by atoms with van der Waals surface area (Å²) in [5.41, 5.74) is 0.671. The summed E-state index contributed by atoms with van der Waals surface area (Å²) in [5, 5.41) is 9.86. The second kappa shape index (κ2) is 4.70. The number of anilines is 1. The van der Waals surface area contributed by atoms with Crippen LogP contribution in [0, 0.1) is 0 Å². The molecule has 2 fully saturated rings. The SMILES string of the molecule is CN(c1nc(C2CC2)c(C(=O)O)s1)C1CCS(=O)(=O)C1. The minimum Gasteiger partial charge on any atom is -0.477 e. The third-order valence-electron chi connectivity index (χ3n) is 3.86. The van der Waals surface area contributed by atoms with Crippen molar-refractivity contribution >= 4 is 32.3 Å². The van der Waals surface area contributed by atoms with Crippen LogP contribution >= 0.6 is 11.3 Å². The standard InChI is InChI=1S/C12H16N2O4S2/c1-14(8-4-5-20(17,18)6-8)12-13-9(7-2-3-7)10(19-12)11(15)16/h7-8H,2-6H2,1H3,(H,15,16). The summed E-state index contributed by atoms with van der Waals surface area (Å²) in [7, 11) is -1.15. The van der Waals surface area contributed by atoms with Crippen molar-refractivity contribution in [2.75, 3.05) is 23.5 Å². The summed E-state index contributed by atoms with van der Waals surface area (Å²) in [4.78, 5) is 17.9. The maximum absolute atomic E-state index is 11.5. The lowest BCUT2D eigenvalue weighted by Crippen LogP contribution is -2.32. The number of rotatable bonds is 4. The van der Waals surface area contributed by atoms with Gasteiger partial charge < -0.3 is 10.0 Å². The third-order valence-corrected chi connectivity index (χ3v) is 6.76. The first-order valence-corrected chi connectivity index (χ1v) is 9.18. The fraction of sp³-hybridized carbons (Fsp3) is 0.667. The Morgan fingerprint density at radius 2 is 2.10 bits per heavy atom. The second-order valence-electron chi connectivity index (χ2n) is 5.46. The summed E-state index contributed by atoms with van der Waals surface area (Å²) in [5.74, 6) is -0.339. The fourth-order valence-corrected chi connectivity index (χ4v) is 5.29. The molecule has 8 heteroatoms. The molecule has 0 aromatic carbocycles. The summed E-state index contributed by atoms with van der Waals surface area (Å²) >= 11 is 1.15. The molecule has 1 atom stereocenters. The van der Waals surface area contributed by atoms with Gasteiger partial charge >= 0.3 is 5.97 Å². The quantitative estimate of drug-likeness (QED) is 0.902. The molecule has 1 saturated heterocycles. The smallest absolute Gasteiger partial charge is 0.347 e. The maximum Gasteiger partial charge on any atom is 0.347 e. The first-order chi connectivity index (χ1) is 9.37. The van der Waals surface area contributed by atoms with Crippen LogP contribution in [0.4, 0.5) is 5.13 Å². The molecule has 2 heterocycles. The predicted octanol–water partition coefficient (Wildman–Crippen LogP) is 1.34. The Labute approximate surface area is 121 Å². The van der Waals surface area contributed by atoms with Gasteiger partial charge in [0.25, 0.3) is 0 Å². The largest absolute Gasteiger partial charge is 0.477 e. The Kier molecular flexibility index (Phi) is 3.24. The van der Waals surface area contributed by atoms with Crippen molar-refractivity contribution in [1.82, 2.24) is 4.98 Å². The van der Waals surface area contributed by atoms with Crippen molar-refractivity contribution in [3.05, 3.63) is 10.6 Å². The molecular formula is C12H16N2O4S2. The Hall–Kier alpha value is -1.15. The molecule has 1 saturated carbocycles. The van der Waals surface area contributed by atoms with Crippen LogP contribution in [0.25, 0.3) is 0 Å². The van der Waals surface area contributed by atoms with Gasteiger partial charge in [0.15, 0.2) is 15.0 Å². The number of hydrogen-bond acceptors (Lipinski definition) is 6. The normalized spacial score (nSPS) is 24.8. The first-order valence-electron chi connectivity index (χ1n) is 6.54. The molecule has 0 radical (unpaired) electrons. The maximum atomic E-state index is 11.5. The number of carbonyl (C=O) groups is 1. The molecule has 3 rings (SSSR count). The van der Waals surface area contributed by atoms with Crippen LogP contribution in [0.1, 0.15) is 40.5 Å². The zero-order chi connectivity index (χ0) is 14.5. The summed E-state index contributed by atoms with van der Waals surface area (Å²) in [6.45, 7) is 0. The fourth-order valence-electron chi connectivity index (χ4n) is 2.49. The van der Waals surface area contributed by atoms with Crippen molar-refractivity contribution in [1.29, 1.82) is 0 Å². The summed E-state index contributed by atoms with van der Waals surface area (Å²) < 4.78 is 23.1. The Balaban J connectivity index is 1.86. The Bertz CT molecular complexity index is 648. The first kappa shape index (κ1) is 13.8. The predicted molar refractivity (Wildman–Crippen MR) is 76.5 cm³/mol. The van der Waals surface area contributed by atoms with E-state index in [1.54, 1.807) is 7.05 Å². The van der Waals surface area contributed by atoms with Gasteiger partial charge in [-0.05, 0) is 19.3 Å². The van der Waals surface area contributed by atoms with E-state index in [0.29, 0.717) is 22.1 Å². The van der Waals surface area contributed by atoms with Crippen LogP contribution < -0.4 is 4.90 Å². The summed E-state index contributed by atoms with van der Waals surface area (Å²) in [6, 6.07) is -0.0974. The van der Waals surface area contributed by atoms with Crippen LogP contribution in [0.5, 0.6) is 0 Å². The van der Waals surface area contributed by atoms with E-state index >= 15 is 0 Å². The van der Waals surface area contributed by atoms with Crippen molar-refractivity contribution < 1.29 is 18.3 Å². The average Bonchev–Trinajstić information content (AvgIpc) is 3.01. The highest BCUT2D eigenvalue weighted by atomic mass is 32.2.